The summed E-state index contributed by atoms with van der Waals surface area (Å²) >= 11 is 17.5. The third kappa shape index (κ3) is 3.50. The number of rotatable bonds is 3. The fourth-order valence-electron chi connectivity index (χ4n) is 1.56. The summed E-state index contributed by atoms with van der Waals surface area (Å²) in [4.78, 5) is 11.5. The van der Waals surface area contributed by atoms with Crippen molar-refractivity contribution < 1.29 is 19.0 Å². The van der Waals surface area contributed by atoms with Crippen LogP contribution in [0.3, 0.4) is 0 Å². The summed E-state index contributed by atoms with van der Waals surface area (Å²) in [5, 5.41) is 12.7. The quantitative estimate of drug-likeness (QED) is 0.480. The van der Waals surface area contributed by atoms with Gasteiger partial charge in [-0.25, -0.2) is 4.79 Å². The molecule has 8 heteroatoms. The summed E-state index contributed by atoms with van der Waals surface area (Å²) in [6.07, 6.45) is 0. The molecular weight excluding hydrogens is 341 g/mol. The van der Waals surface area contributed by atoms with E-state index < -0.39 is 5.97 Å². The lowest BCUT2D eigenvalue weighted by Gasteiger charge is -2.10. The number of carbonyl (C=O) groups excluding carboxylic acids is 1. The Bertz CT molecular complexity index is 686. The van der Waals surface area contributed by atoms with E-state index in [0.29, 0.717) is 10.0 Å². The predicted molar refractivity (Wildman–Crippen MR) is 78.3 cm³/mol. The Hall–Kier alpha value is -1.69. The second-order valence-electron chi connectivity index (χ2n) is 3.86. The number of methoxy groups -OCH3 is 1. The van der Waals surface area contributed by atoms with E-state index in [1.54, 1.807) is 0 Å². The third-order valence-electron chi connectivity index (χ3n) is 2.44. The third-order valence-corrected chi connectivity index (χ3v) is 3.18. The van der Waals surface area contributed by atoms with Crippen molar-refractivity contribution in [1.29, 1.82) is 0 Å². The zero-order valence-corrected chi connectivity index (χ0v) is 12.9. The van der Waals surface area contributed by atoms with Crippen molar-refractivity contribution in [2.24, 2.45) is 0 Å². The molecule has 0 amide bonds. The molecule has 1 heterocycles. The molecule has 0 radical (unpaired) electrons. The largest absolute Gasteiger partial charge is 0.615 e. The van der Waals surface area contributed by atoms with E-state index in [9.17, 15) is 10.0 Å². The molecule has 2 aromatic rings. The van der Waals surface area contributed by atoms with Gasteiger partial charge in [0.15, 0.2) is 0 Å². The molecule has 0 spiro atoms. The molecule has 1 aromatic carbocycles. The van der Waals surface area contributed by atoms with Crippen LogP contribution in [-0.2, 0) is 4.74 Å². The smallest absolute Gasteiger partial charge is 0.406 e. The van der Waals surface area contributed by atoms with Crippen LogP contribution < -0.4 is 9.47 Å². The summed E-state index contributed by atoms with van der Waals surface area (Å²) in [5.74, 6) is -0.794. The fraction of sp³-hybridized carbons (Fsp3) is 0.0769. The minimum absolute atomic E-state index is 0.0478. The molecular formula is C13H8Cl3NO4. The molecule has 5 nitrogen and oxygen atoms in total. The number of pyridine rings is 1. The van der Waals surface area contributed by atoms with Gasteiger partial charge in [0, 0.05) is 10.0 Å². The lowest BCUT2D eigenvalue weighted by atomic mass is 10.3. The summed E-state index contributed by atoms with van der Waals surface area (Å²) in [5.41, 5.74) is -0.371. The second kappa shape index (κ2) is 6.39. The first-order chi connectivity index (χ1) is 9.92. The monoisotopic (exact) mass is 347 g/mol. The van der Waals surface area contributed by atoms with E-state index in [1.165, 1.54) is 30.3 Å². The lowest BCUT2D eigenvalue weighted by Crippen LogP contribution is -2.37. The maximum absolute atomic E-state index is 12.1. The van der Waals surface area contributed by atoms with Crippen molar-refractivity contribution >= 4 is 40.8 Å². The van der Waals surface area contributed by atoms with Gasteiger partial charge in [-0.3, -0.25) is 0 Å². The van der Waals surface area contributed by atoms with Gasteiger partial charge < -0.3 is 14.7 Å². The summed E-state index contributed by atoms with van der Waals surface area (Å²) in [7, 11) is 1.14. The van der Waals surface area contributed by atoms with Gasteiger partial charge >= 0.3 is 17.5 Å². The second-order valence-corrected chi connectivity index (χ2v) is 5.14. The SMILES string of the molecule is COC(=O)c1c(Cl)ccc(Oc2cc(Cl)cc(Cl)c2)[n+]1[O-]. The highest BCUT2D eigenvalue weighted by atomic mass is 35.5. The maximum Gasteiger partial charge on any atom is 0.406 e. The molecule has 21 heavy (non-hydrogen) atoms. The first-order valence-corrected chi connectivity index (χ1v) is 6.70. The Labute approximate surface area is 135 Å². The Morgan fingerprint density at radius 3 is 2.33 bits per heavy atom. The maximum atomic E-state index is 12.1. The standard InChI is InChI=1S/C13H8Cl3NO4/c1-20-13(18)12-10(16)2-3-11(17(12)19)21-9-5-7(14)4-8(15)6-9/h2-6H,1H3. The number of carbonyl (C=O) groups is 1. The molecule has 0 aliphatic rings. The highest BCUT2D eigenvalue weighted by Gasteiger charge is 2.25. The van der Waals surface area contributed by atoms with Gasteiger partial charge in [0.2, 0.25) is 0 Å². The zero-order chi connectivity index (χ0) is 15.6. The van der Waals surface area contributed by atoms with E-state index in [0.717, 1.165) is 7.11 Å². The number of esters is 1. The Morgan fingerprint density at radius 1 is 1.14 bits per heavy atom. The molecule has 0 fully saturated rings. The topological polar surface area (TPSA) is 62.5 Å². The average molecular weight is 349 g/mol. The van der Waals surface area contributed by atoms with Gasteiger partial charge in [-0.05, 0) is 24.3 Å². The highest BCUT2D eigenvalue weighted by molar-refractivity contribution is 6.34. The molecule has 0 aliphatic heterocycles. The molecule has 110 valence electrons. The van der Waals surface area contributed by atoms with Crippen LogP contribution in [0.2, 0.25) is 15.1 Å². The lowest BCUT2D eigenvalue weighted by molar-refractivity contribution is -0.614. The highest BCUT2D eigenvalue weighted by Crippen LogP contribution is 2.28. The zero-order valence-electron chi connectivity index (χ0n) is 10.6. The van der Waals surface area contributed by atoms with Crippen LogP contribution >= 0.6 is 34.8 Å². The predicted octanol–water partition coefficient (Wildman–Crippen LogP) is 3.86. The van der Waals surface area contributed by atoms with Crippen LogP contribution in [0.1, 0.15) is 10.5 Å². The van der Waals surface area contributed by atoms with Crippen molar-refractivity contribution in [3.8, 4) is 11.6 Å². The molecule has 0 bridgehead atoms. The number of hydrogen-bond donors (Lipinski definition) is 0. The number of aromatic nitrogens is 1. The van der Waals surface area contributed by atoms with E-state index in [2.05, 4.69) is 4.74 Å². The minimum Gasteiger partial charge on any atom is -0.615 e. The van der Waals surface area contributed by atoms with E-state index >= 15 is 0 Å². The molecule has 0 atom stereocenters. The normalized spacial score (nSPS) is 10.3. The van der Waals surface area contributed by atoms with Gasteiger partial charge in [-0.2, -0.15) is 0 Å². The molecule has 0 aliphatic carbocycles. The Balaban J connectivity index is 2.43. The number of ether oxygens (including phenoxy) is 2. The van der Waals surface area contributed by atoms with Crippen molar-refractivity contribution in [1.82, 2.24) is 0 Å². The van der Waals surface area contributed by atoms with Crippen LogP contribution in [0.5, 0.6) is 11.6 Å². The fourth-order valence-corrected chi connectivity index (χ4v) is 2.28. The van der Waals surface area contributed by atoms with Crippen molar-refractivity contribution in [3.63, 3.8) is 0 Å². The van der Waals surface area contributed by atoms with Crippen LogP contribution in [0.15, 0.2) is 30.3 Å². The van der Waals surface area contributed by atoms with Crippen LogP contribution in [-0.4, -0.2) is 13.1 Å². The van der Waals surface area contributed by atoms with E-state index in [-0.39, 0.29) is 27.1 Å². The van der Waals surface area contributed by atoms with E-state index in [4.69, 9.17) is 39.5 Å². The first-order valence-electron chi connectivity index (χ1n) is 5.56. The minimum atomic E-state index is -0.871. The van der Waals surface area contributed by atoms with Crippen LogP contribution in [0, 0.1) is 5.21 Å². The molecule has 0 N–H and O–H groups in total. The number of benzene rings is 1. The molecule has 2 rings (SSSR count). The summed E-state index contributed by atoms with van der Waals surface area (Å²) < 4.78 is 10.1. The Kier molecular flexibility index (Phi) is 4.77. The van der Waals surface area contributed by atoms with Crippen molar-refractivity contribution in [3.05, 3.63) is 56.3 Å². The summed E-state index contributed by atoms with van der Waals surface area (Å²) in [6.45, 7) is 0. The first kappa shape index (κ1) is 15.7. The van der Waals surface area contributed by atoms with Crippen LogP contribution in [0.25, 0.3) is 0 Å². The summed E-state index contributed by atoms with van der Waals surface area (Å²) in [6, 6.07) is 7.13. The van der Waals surface area contributed by atoms with Gasteiger partial charge in [-0.1, -0.05) is 34.8 Å². The molecule has 0 saturated heterocycles. The van der Waals surface area contributed by atoms with Crippen molar-refractivity contribution in [2.75, 3.05) is 7.11 Å². The molecule has 0 saturated carbocycles. The number of hydrogen-bond acceptors (Lipinski definition) is 4. The molecule has 0 unspecified atom stereocenters. The van der Waals surface area contributed by atoms with E-state index in [1.807, 2.05) is 0 Å². The van der Waals surface area contributed by atoms with Gasteiger partial charge in [0.25, 0.3) is 0 Å². The van der Waals surface area contributed by atoms with Crippen molar-refractivity contribution in [2.45, 2.75) is 0 Å². The Morgan fingerprint density at radius 2 is 1.76 bits per heavy atom. The average Bonchev–Trinajstić information content (AvgIpc) is 2.41. The number of nitrogens with zero attached hydrogens (tertiary/aromatic N) is 1. The van der Waals surface area contributed by atoms with Gasteiger partial charge in [-0.15, -0.1) is 4.73 Å². The number of halogens is 3. The molecule has 1 aromatic heterocycles. The van der Waals surface area contributed by atoms with Crippen LogP contribution in [0.4, 0.5) is 0 Å². The van der Waals surface area contributed by atoms with Gasteiger partial charge in [0.05, 0.1) is 13.2 Å². The van der Waals surface area contributed by atoms with Gasteiger partial charge in [0.1, 0.15) is 10.8 Å².